The van der Waals surface area contributed by atoms with Crippen LogP contribution in [-0.4, -0.2) is 125 Å². The third-order valence-corrected chi connectivity index (χ3v) is 13.8. The molecule has 14 nitrogen and oxygen atoms in total. The molecule has 2 aromatic rings. The van der Waals surface area contributed by atoms with Crippen LogP contribution in [0.1, 0.15) is 88.2 Å². The summed E-state index contributed by atoms with van der Waals surface area (Å²) in [7, 11) is -2.37. The maximum atomic E-state index is 14.8. The van der Waals surface area contributed by atoms with E-state index in [9.17, 15) is 28.1 Å². The molecule has 1 saturated carbocycles. The minimum atomic E-state index is -3.97. The smallest absolute Gasteiger partial charge is 0.252 e. The van der Waals surface area contributed by atoms with Gasteiger partial charge in [0.2, 0.25) is 11.8 Å². The summed E-state index contributed by atoms with van der Waals surface area (Å²) in [6.45, 7) is 15.2. The molecule has 0 spiro atoms. The summed E-state index contributed by atoms with van der Waals surface area (Å²) in [6.07, 6.45) is 5.51. The lowest BCUT2D eigenvalue weighted by Gasteiger charge is -2.47. The van der Waals surface area contributed by atoms with Gasteiger partial charge in [-0.15, -0.1) is 0 Å². The molecule has 2 aromatic carbocycles. The summed E-state index contributed by atoms with van der Waals surface area (Å²) in [5.74, 6) is -0.469. The zero-order valence-electron chi connectivity index (χ0n) is 37.0. The average molecular weight is 866 g/mol. The Balaban J connectivity index is 1.74. The number of amides is 3. The summed E-state index contributed by atoms with van der Waals surface area (Å²) in [5, 5.41) is 18.5. The van der Waals surface area contributed by atoms with E-state index in [0.29, 0.717) is 44.6 Å². The van der Waals surface area contributed by atoms with Crippen LogP contribution in [0.2, 0.25) is 0 Å². The van der Waals surface area contributed by atoms with Crippen molar-refractivity contribution in [3.05, 3.63) is 83.6 Å². The van der Waals surface area contributed by atoms with Crippen LogP contribution in [0, 0.1) is 23.2 Å². The number of benzene rings is 2. The van der Waals surface area contributed by atoms with Gasteiger partial charge in [-0.25, -0.2) is 8.42 Å². The first kappa shape index (κ1) is 49.3. The fourth-order valence-corrected chi connectivity index (χ4v) is 8.62. The van der Waals surface area contributed by atoms with Gasteiger partial charge in [-0.2, -0.15) is 5.26 Å². The van der Waals surface area contributed by atoms with Crippen molar-refractivity contribution in [2.45, 2.75) is 108 Å². The Morgan fingerprint density at radius 2 is 1.61 bits per heavy atom. The maximum Gasteiger partial charge on any atom is 0.252 e. The Bertz CT molecular complexity index is 1930. The lowest BCUT2D eigenvalue weighted by atomic mass is 9.72. The number of sulfone groups is 1. The van der Waals surface area contributed by atoms with Crippen molar-refractivity contribution in [1.29, 1.82) is 5.26 Å². The minimum absolute atomic E-state index is 0.0241. The highest BCUT2D eigenvalue weighted by Gasteiger charge is 2.47. The van der Waals surface area contributed by atoms with Gasteiger partial charge in [0, 0.05) is 37.6 Å². The highest BCUT2D eigenvalue weighted by atomic mass is 32.2. The normalized spacial score (nSPS) is 19.9. The van der Waals surface area contributed by atoms with E-state index < -0.39 is 56.2 Å². The predicted octanol–water partition coefficient (Wildman–Crippen LogP) is 4.58. The number of ether oxygens (including phenoxy) is 4. The maximum absolute atomic E-state index is 14.8. The third kappa shape index (κ3) is 14.9. The SMILES string of the molecule is C=C(COCCOCCOC)O[C@H](CN1C[C@H]2CCCC[C@H]2C[C@H]1C(=O)NC(C)(C)C)[C@H](Cc1ccccc1)NC(=O)[C@@H](NC(=O)c1cccc(C#N)c1)C(C)(C)S(C)(=O)=O. The Labute approximate surface area is 363 Å². The molecule has 1 heterocycles. The molecule has 1 aliphatic carbocycles. The average Bonchev–Trinajstić information content (AvgIpc) is 3.20. The second-order valence-electron chi connectivity index (χ2n) is 17.9. The quantitative estimate of drug-likeness (QED) is 0.111. The number of fused-ring (bicyclic) bond motifs is 1. The van der Waals surface area contributed by atoms with E-state index in [2.05, 4.69) is 27.4 Å². The van der Waals surface area contributed by atoms with E-state index in [4.69, 9.17) is 18.9 Å². The first-order valence-corrected chi connectivity index (χ1v) is 23.1. The summed E-state index contributed by atoms with van der Waals surface area (Å²) in [6, 6.07) is 14.6. The molecule has 0 unspecified atom stereocenters. The molecule has 4 rings (SSSR count). The van der Waals surface area contributed by atoms with Crippen molar-refractivity contribution in [2.24, 2.45) is 11.8 Å². The van der Waals surface area contributed by atoms with E-state index in [1.165, 1.54) is 32.0 Å². The van der Waals surface area contributed by atoms with Crippen LogP contribution in [0.25, 0.3) is 0 Å². The lowest BCUT2D eigenvalue weighted by Crippen LogP contribution is -2.64. The van der Waals surface area contributed by atoms with Crippen LogP contribution >= 0.6 is 0 Å². The van der Waals surface area contributed by atoms with Gasteiger partial charge in [-0.05, 0) is 89.5 Å². The molecular weight excluding hydrogens is 799 g/mol. The molecule has 3 amide bonds. The van der Waals surface area contributed by atoms with Crippen LogP contribution in [-0.2, 0) is 44.8 Å². The molecule has 3 N–H and O–H groups in total. The third-order valence-electron chi connectivity index (χ3n) is 11.6. The Hall–Kier alpha value is -4.33. The van der Waals surface area contributed by atoms with Gasteiger partial charge in [-0.3, -0.25) is 19.3 Å². The van der Waals surface area contributed by atoms with Gasteiger partial charge in [0.25, 0.3) is 5.91 Å². The van der Waals surface area contributed by atoms with Crippen LogP contribution in [0.15, 0.2) is 66.9 Å². The van der Waals surface area contributed by atoms with E-state index in [1.807, 2.05) is 57.2 Å². The predicted molar refractivity (Wildman–Crippen MR) is 234 cm³/mol. The second-order valence-corrected chi connectivity index (χ2v) is 20.5. The molecule has 15 heteroatoms. The molecule has 1 aliphatic heterocycles. The Kier molecular flexibility index (Phi) is 18.3. The van der Waals surface area contributed by atoms with Crippen molar-refractivity contribution in [3.8, 4) is 6.07 Å². The standard InChI is InChI=1S/C46H67N5O9S/c1-32(31-59-24-23-58-22-21-57-7)60-40(30-51-29-37-19-13-12-18-35(37)27-39(51)43(53)50-45(2,3)4)38(26-33-15-10-9-11-16-33)48-44(54)41(46(5,6)61(8,55)56)49-42(52)36-20-14-17-34(25-36)28-47/h9-11,14-17,20,25,35,37-41H,1,12-13,18-19,21-24,26-27,29-31H2,2-8H3,(H,48,54)(H,49,52)(H,50,53)/t35-,37+,38-,39-,40+,41+/m0/s1. The minimum Gasteiger partial charge on any atom is -0.489 e. The number of nitrogens with zero attached hydrogens (tertiary/aromatic N) is 2. The van der Waals surface area contributed by atoms with Gasteiger partial charge < -0.3 is 34.9 Å². The second kappa shape index (κ2) is 22.7. The molecule has 2 fully saturated rings. The number of hydrogen-bond donors (Lipinski definition) is 3. The van der Waals surface area contributed by atoms with Crippen molar-refractivity contribution >= 4 is 27.6 Å². The molecule has 0 aromatic heterocycles. The van der Waals surface area contributed by atoms with Gasteiger partial charge in [0.05, 0.1) is 54.9 Å². The fourth-order valence-electron chi connectivity index (χ4n) is 8.02. The van der Waals surface area contributed by atoms with Crippen LogP contribution in [0.3, 0.4) is 0 Å². The number of carbonyl (C=O) groups excluding carboxylic acids is 3. The number of rotatable bonds is 22. The Morgan fingerprint density at radius 1 is 0.934 bits per heavy atom. The molecule has 0 bridgehead atoms. The summed E-state index contributed by atoms with van der Waals surface area (Å²) in [4.78, 5) is 44.8. The van der Waals surface area contributed by atoms with Gasteiger partial charge in [-0.1, -0.05) is 62.2 Å². The van der Waals surface area contributed by atoms with E-state index in [1.54, 1.807) is 13.2 Å². The lowest BCUT2D eigenvalue weighted by molar-refractivity contribution is -0.133. The van der Waals surface area contributed by atoms with Crippen molar-refractivity contribution in [2.75, 3.05) is 59.5 Å². The molecule has 336 valence electrons. The van der Waals surface area contributed by atoms with E-state index in [0.717, 1.165) is 37.5 Å². The highest BCUT2D eigenvalue weighted by Crippen LogP contribution is 2.39. The molecule has 6 atom stereocenters. The van der Waals surface area contributed by atoms with E-state index in [-0.39, 0.29) is 49.0 Å². The van der Waals surface area contributed by atoms with Crippen LogP contribution in [0.4, 0.5) is 0 Å². The number of hydrogen-bond acceptors (Lipinski definition) is 11. The molecule has 0 radical (unpaired) electrons. The van der Waals surface area contributed by atoms with Gasteiger partial charge in [0.1, 0.15) is 24.5 Å². The van der Waals surface area contributed by atoms with Gasteiger partial charge in [0.15, 0.2) is 9.84 Å². The zero-order valence-corrected chi connectivity index (χ0v) is 37.9. The fraction of sp³-hybridized carbons (Fsp3) is 0.609. The van der Waals surface area contributed by atoms with Crippen molar-refractivity contribution in [1.82, 2.24) is 20.9 Å². The highest BCUT2D eigenvalue weighted by molar-refractivity contribution is 7.92. The number of piperidine rings is 1. The molecule has 2 aliphatic rings. The number of methoxy groups -OCH3 is 1. The van der Waals surface area contributed by atoms with Crippen LogP contribution < -0.4 is 16.0 Å². The first-order chi connectivity index (χ1) is 28.8. The Morgan fingerprint density at radius 3 is 2.26 bits per heavy atom. The van der Waals surface area contributed by atoms with E-state index >= 15 is 0 Å². The van der Waals surface area contributed by atoms with Crippen molar-refractivity contribution < 1.29 is 41.7 Å². The molecular formula is C46H67N5O9S. The molecule has 1 saturated heterocycles. The van der Waals surface area contributed by atoms with Gasteiger partial charge >= 0.3 is 0 Å². The van der Waals surface area contributed by atoms with Crippen LogP contribution in [0.5, 0.6) is 0 Å². The number of carbonyl (C=O) groups is 3. The monoisotopic (exact) mass is 865 g/mol. The first-order valence-electron chi connectivity index (χ1n) is 21.2. The summed E-state index contributed by atoms with van der Waals surface area (Å²) >= 11 is 0. The zero-order chi connectivity index (χ0) is 44.8. The number of nitriles is 1. The largest absolute Gasteiger partial charge is 0.489 e. The number of nitrogens with one attached hydrogen (secondary N) is 3. The number of likely N-dealkylation sites (tertiary alicyclic amines) is 1. The topological polar surface area (TPSA) is 185 Å². The molecule has 61 heavy (non-hydrogen) atoms. The summed E-state index contributed by atoms with van der Waals surface area (Å²) in [5.41, 5.74) is 0.718. The summed E-state index contributed by atoms with van der Waals surface area (Å²) < 4.78 is 48.1. The van der Waals surface area contributed by atoms with Crippen molar-refractivity contribution in [3.63, 3.8) is 0 Å².